The highest BCUT2D eigenvalue weighted by Crippen LogP contribution is 2.21. The van der Waals surface area contributed by atoms with Crippen molar-refractivity contribution in [2.45, 2.75) is 26.2 Å². The van der Waals surface area contributed by atoms with Crippen molar-refractivity contribution >= 4 is 11.9 Å². The third-order valence-electron chi connectivity index (χ3n) is 2.05. The smallest absolute Gasteiger partial charge is 0.325 e. The van der Waals surface area contributed by atoms with Gasteiger partial charge in [0.2, 0.25) is 0 Å². The van der Waals surface area contributed by atoms with E-state index in [0.29, 0.717) is 18.6 Å². The van der Waals surface area contributed by atoms with E-state index in [-0.39, 0.29) is 6.61 Å². The number of ether oxygens (including phenoxy) is 2. The molecular formula is C10H14O4. The van der Waals surface area contributed by atoms with Crippen LogP contribution in [0.25, 0.3) is 0 Å². The zero-order valence-electron chi connectivity index (χ0n) is 8.25. The zero-order chi connectivity index (χ0) is 10.6. The summed E-state index contributed by atoms with van der Waals surface area (Å²) in [6, 6.07) is 0. The van der Waals surface area contributed by atoms with Gasteiger partial charge in [0.05, 0.1) is 6.61 Å². The van der Waals surface area contributed by atoms with Crippen LogP contribution in [0.5, 0.6) is 0 Å². The first kappa shape index (κ1) is 10.8. The molecule has 0 bridgehead atoms. The fraction of sp³-hybridized carbons (Fsp3) is 0.600. The normalized spacial score (nSPS) is 22.5. The molecule has 0 aromatic rings. The fourth-order valence-electron chi connectivity index (χ4n) is 1.34. The average molecular weight is 198 g/mol. The van der Waals surface area contributed by atoms with Crippen molar-refractivity contribution in [1.29, 1.82) is 0 Å². The maximum atomic E-state index is 11.4. The summed E-state index contributed by atoms with van der Waals surface area (Å²) in [5.41, 5.74) is 0. The number of rotatable bonds is 2. The first-order chi connectivity index (χ1) is 6.65. The number of cyclic esters (lactones) is 1. The Hall–Kier alpha value is -1.32. The van der Waals surface area contributed by atoms with Gasteiger partial charge in [-0.25, -0.2) is 0 Å². The Morgan fingerprint density at radius 1 is 1.71 bits per heavy atom. The minimum Gasteiger partial charge on any atom is -0.465 e. The first-order valence-corrected chi connectivity index (χ1v) is 4.71. The Balaban J connectivity index is 2.63. The van der Waals surface area contributed by atoms with Crippen LogP contribution in [-0.4, -0.2) is 18.5 Å². The van der Waals surface area contributed by atoms with Crippen LogP contribution in [-0.2, 0) is 19.1 Å². The van der Waals surface area contributed by atoms with Crippen LogP contribution in [0.4, 0.5) is 0 Å². The predicted molar refractivity (Wildman–Crippen MR) is 49.2 cm³/mol. The summed E-state index contributed by atoms with van der Waals surface area (Å²) < 4.78 is 9.63. The second-order valence-electron chi connectivity index (χ2n) is 3.16. The third kappa shape index (κ3) is 2.58. The summed E-state index contributed by atoms with van der Waals surface area (Å²) in [5, 5.41) is 0. The van der Waals surface area contributed by atoms with Crippen molar-refractivity contribution in [2.75, 3.05) is 6.61 Å². The first-order valence-electron chi connectivity index (χ1n) is 4.71. The largest absolute Gasteiger partial charge is 0.465 e. The van der Waals surface area contributed by atoms with Crippen LogP contribution >= 0.6 is 0 Å². The number of carbonyl (C=O) groups excluding carboxylic acids is 2. The van der Waals surface area contributed by atoms with Crippen LogP contribution in [0, 0.1) is 5.92 Å². The predicted octanol–water partition coefficient (Wildman–Crippen LogP) is 1.41. The van der Waals surface area contributed by atoms with Gasteiger partial charge in [0.15, 0.2) is 5.92 Å². The Kier molecular flexibility index (Phi) is 3.68. The molecule has 0 saturated carbocycles. The van der Waals surface area contributed by atoms with Crippen molar-refractivity contribution in [3.63, 3.8) is 0 Å². The van der Waals surface area contributed by atoms with Gasteiger partial charge in [-0.15, -0.1) is 0 Å². The molecule has 0 amide bonds. The molecule has 1 fully saturated rings. The van der Waals surface area contributed by atoms with Crippen LogP contribution in [0.1, 0.15) is 26.2 Å². The molecule has 1 heterocycles. The van der Waals surface area contributed by atoms with E-state index >= 15 is 0 Å². The lowest BCUT2D eigenvalue weighted by atomic mass is 10.0. The molecule has 1 aliphatic heterocycles. The van der Waals surface area contributed by atoms with E-state index in [2.05, 4.69) is 6.58 Å². The van der Waals surface area contributed by atoms with E-state index in [1.54, 1.807) is 6.92 Å². The molecule has 0 aromatic carbocycles. The standard InChI is InChI=1S/C10H14O4/c1-3-13-9(11)8-6-4-5-7(2)14-10(8)12/h8H,2-6H2,1H3. The van der Waals surface area contributed by atoms with Crippen molar-refractivity contribution in [3.8, 4) is 0 Å². The average Bonchev–Trinajstić information content (AvgIpc) is 2.27. The third-order valence-corrected chi connectivity index (χ3v) is 2.05. The van der Waals surface area contributed by atoms with Gasteiger partial charge < -0.3 is 9.47 Å². The highest BCUT2D eigenvalue weighted by molar-refractivity contribution is 5.95. The molecule has 78 valence electrons. The highest BCUT2D eigenvalue weighted by Gasteiger charge is 2.31. The number of hydrogen-bond acceptors (Lipinski definition) is 4. The van der Waals surface area contributed by atoms with Crippen LogP contribution in [0.3, 0.4) is 0 Å². The Morgan fingerprint density at radius 3 is 3.07 bits per heavy atom. The molecule has 1 atom stereocenters. The van der Waals surface area contributed by atoms with Gasteiger partial charge >= 0.3 is 11.9 Å². The number of carbonyl (C=O) groups is 2. The molecule has 0 radical (unpaired) electrons. The van der Waals surface area contributed by atoms with Gasteiger partial charge in [-0.1, -0.05) is 6.58 Å². The van der Waals surface area contributed by atoms with Gasteiger partial charge in [0, 0.05) is 6.42 Å². The molecule has 0 aromatic heterocycles. The van der Waals surface area contributed by atoms with E-state index in [9.17, 15) is 9.59 Å². The lowest BCUT2D eigenvalue weighted by Crippen LogP contribution is -2.26. The summed E-state index contributed by atoms with van der Waals surface area (Å²) in [4.78, 5) is 22.7. The summed E-state index contributed by atoms with van der Waals surface area (Å²) >= 11 is 0. The molecule has 4 nitrogen and oxygen atoms in total. The van der Waals surface area contributed by atoms with E-state index in [0.717, 1.165) is 6.42 Å². The molecule has 1 saturated heterocycles. The minimum absolute atomic E-state index is 0.281. The topological polar surface area (TPSA) is 52.6 Å². The summed E-state index contributed by atoms with van der Waals surface area (Å²) in [6.45, 7) is 5.56. The van der Waals surface area contributed by atoms with Gasteiger partial charge in [-0.05, 0) is 19.8 Å². The molecule has 14 heavy (non-hydrogen) atoms. The molecule has 0 N–H and O–H groups in total. The number of esters is 2. The second-order valence-corrected chi connectivity index (χ2v) is 3.16. The highest BCUT2D eigenvalue weighted by atomic mass is 16.6. The molecule has 0 aliphatic carbocycles. The SMILES string of the molecule is C=C1CCCC(C(=O)OCC)C(=O)O1. The van der Waals surface area contributed by atoms with E-state index < -0.39 is 17.9 Å². The van der Waals surface area contributed by atoms with Crippen LogP contribution in [0.2, 0.25) is 0 Å². The molecular weight excluding hydrogens is 184 g/mol. The maximum absolute atomic E-state index is 11.4. The molecule has 4 heteroatoms. The Bertz CT molecular complexity index is 257. The van der Waals surface area contributed by atoms with Gasteiger partial charge in [-0.2, -0.15) is 0 Å². The summed E-state index contributed by atoms with van der Waals surface area (Å²) in [7, 11) is 0. The quantitative estimate of drug-likeness (QED) is 0.497. The van der Waals surface area contributed by atoms with Crippen LogP contribution in [0.15, 0.2) is 12.3 Å². The Morgan fingerprint density at radius 2 is 2.43 bits per heavy atom. The van der Waals surface area contributed by atoms with E-state index in [4.69, 9.17) is 9.47 Å². The van der Waals surface area contributed by atoms with E-state index in [1.165, 1.54) is 0 Å². The minimum atomic E-state index is -0.769. The van der Waals surface area contributed by atoms with E-state index in [1.807, 2.05) is 0 Å². The summed E-state index contributed by atoms with van der Waals surface area (Å²) in [6.07, 6.45) is 1.84. The summed E-state index contributed by atoms with van der Waals surface area (Å²) in [5.74, 6) is -1.37. The Labute approximate surface area is 82.9 Å². The van der Waals surface area contributed by atoms with Gasteiger partial charge in [-0.3, -0.25) is 9.59 Å². The van der Waals surface area contributed by atoms with Gasteiger partial charge in [0.25, 0.3) is 0 Å². The maximum Gasteiger partial charge on any atom is 0.325 e. The molecule has 1 aliphatic rings. The monoisotopic (exact) mass is 198 g/mol. The fourth-order valence-corrected chi connectivity index (χ4v) is 1.34. The molecule has 1 unspecified atom stereocenters. The van der Waals surface area contributed by atoms with Crippen molar-refractivity contribution in [3.05, 3.63) is 12.3 Å². The van der Waals surface area contributed by atoms with Crippen molar-refractivity contribution in [1.82, 2.24) is 0 Å². The van der Waals surface area contributed by atoms with Crippen LogP contribution < -0.4 is 0 Å². The second kappa shape index (κ2) is 4.79. The number of hydrogen-bond donors (Lipinski definition) is 0. The zero-order valence-corrected chi connectivity index (χ0v) is 8.25. The lowest BCUT2D eigenvalue weighted by Gasteiger charge is -2.10. The van der Waals surface area contributed by atoms with Crippen molar-refractivity contribution in [2.24, 2.45) is 5.92 Å². The lowest BCUT2D eigenvalue weighted by molar-refractivity contribution is -0.159. The van der Waals surface area contributed by atoms with Gasteiger partial charge in [0.1, 0.15) is 5.76 Å². The number of allylic oxidation sites excluding steroid dienone is 1. The molecule has 0 spiro atoms. The molecule has 1 rings (SSSR count). The van der Waals surface area contributed by atoms with Crippen molar-refractivity contribution < 1.29 is 19.1 Å².